The Morgan fingerprint density at radius 3 is 2.62 bits per heavy atom. The molecule has 2 heterocycles. The molecule has 0 spiro atoms. The molecule has 1 aliphatic rings. The highest BCUT2D eigenvalue weighted by Gasteiger charge is 2.32. The molecule has 5 heteroatoms. The summed E-state index contributed by atoms with van der Waals surface area (Å²) in [5.74, 6) is 0.770. The number of rotatable bonds is 1. The summed E-state index contributed by atoms with van der Waals surface area (Å²) >= 11 is 3.34. The van der Waals surface area contributed by atoms with E-state index < -0.39 is 0 Å². The molecule has 16 heavy (non-hydrogen) atoms. The molecule has 0 aromatic carbocycles. The fourth-order valence-electron chi connectivity index (χ4n) is 2.07. The van der Waals surface area contributed by atoms with Gasteiger partial charge in [0.1, 0.15) is 0 Å². The van der Waals surface area contributed by atoms with Crippen LogP contribution in [0.1, 0.15) is 20.8 Å². The van der Waals surface area contributed by atoms with Gasteiger partial charge >= 0.3 is 0 Å². The van der Waals surface area contributed by atoms with Crippen molar-refractivity contribution in [2.75, 3.05) is 18.0 Å². The second-order valence-electron chi connectivity index (χ2n) is 4.77. The predicted molar refractivity (Wildman–Crippen MR) is 66.6 cm³/mol. The minimum absolute atomic E-state index is 0.145. The van der Waals surface area contributed by atoms with Crippen LogP contribution in [0.15, 0.2) is 16.9 Å². The largest absolute Gasteiger partial charge is 0.369 e. The van der Waals surface area contributed by atoms with E-state index in [2.05, 4.69) is 51.6 Å². The highest BCUT2D eigenvalue weighted by atomic mass is 79.9. The van der Waals surface area contributed by atoms with Gasteiger partial charge in [-0.1, -0.05) is 0 Å². The van der Waals surface area contributed by atoms with Crippen molar-refractivity contribution in [3.8, 4) is 0 Å². The van der Waals surface area contributed by atoms with Crippen LogP contribution in [0.5, 0.6) is 0 Å². The number of hydrogen-bond donors (Lipinski definition) is 0. The number of aromatic nitrogens is 2. The molecule has 2 rings (SSSR count). The van der Waals surface area contributed by atoms with Gasteiger partial charge in [-0.3, -0.25) is 0 Å². The summed E-state index contributed by atoms with van der Waals surface area (Å²) in [5, 5.41) is 0. The highest BCUT2D eigenvalue weighted by Crippen LogP contribution is 2.23. The Labute approximate surface area is 104 Å². The number of nitrogens with zero attached hydrogens (tertiary/aromatic N) is 3. The van der Waals surface area contributed by atoms with Gasteiger partial charge in [0.2, 0.25) is 5.95 Å². The van der Waals surface area contributed by atoms with Gasteiger partial charge in [0.05, 0.1) is 16.2 Å². The Morgan fingerprint density at radius 1 is 1.44 bits per heavy atom. The van der Waals surface area contributed by atoms with Gasteiger partial charge in [0.25, 0.3) is 0 Å². The highest BCUT2D eigenvalue weighted by molar-refractivity contribution is 9.10. The fraction of sp³-hybridized carbons (Fsp3) is 0.636. The number of ether oxygens (including phenoxy) is 1. The Hall–Kier alpha value is -0.680. The first-order valence-corrected chi connectivity index (χ1v) is 6.16. The molecule has 0 saturated carbocycles. The molecule has 88 valence electrons. The van der Waals surface area contributed by atoms with Crippen molar-refractivity contribution < 1.29 is 4.74 Å². The maximum Gasteiger partial charge on any atom is 0.225 e. The van der Waals surface area contributed by atoms with Crippen LogP contribution in [-0.2, 0) is 4.74 Å². The minimum Gasteiger partial charge on any atom is -0.369 e. The van der Waals surface area contributed by atoms with Crippen LogP contribution < -0.4 is 4.90 Å². The van der Waals surface area contributed by atoms with Crippen molar-refractivity contribution in [1.29, 1.82) is 0 Å². The molecular formula is C11H16BrN3O. The smallest absolute Gasteiger partial charge is 0.225 e. The summed E-state index contributed by atoms with van der Waals surface area (Å²) in [5.41, 5.74) is -0.145. The molecule has 0 N–H and O–H groups in total. The summed E-state index contributed by atoms with van der Waals surface area (Å²) in [6, 6.07) is 0. The van der Waals surface area contributed by atoms with Gasteiger partial charge in [0, 0.05) is 25.5 Å². The van der Waals surface area contributed by atoms with Gasteiger partial charge in [-0.2, -0.15) is 0 Å². The van der Waals surface area contributed by atoms with Gasteiger partial charge in [-0.05, 0) is 36.7 Å². The molecule has 0 radical (unpaired) electrons. The van der Waals surface area contributed by atoms with Crippen LogP contribution in [0.2, 0.25) is 0 Å². The standard InChI is InChI=1S/C11H16BrN3O/c1-8-6-15(7-11(2,3)16-8)10-13-4-9(12)5-14-10/h4-5,8H,6-7H2,1-3H3. The van der Waals surface area contributed by atoms with Crippen molar-refractivity contribution >= 4 is 21.9 Å². The maximum absolute atomic E-state index is 5.84. The van der Waals surface area contributed by atoms with E-state index in [1.807, 2.05) is 0 Å². The minimum atomic E-state index is -0.145. The lowest BCUT2D eigenvalue weighted by Crippen LogP contribution is -2.52. The third-order valence-electron chi connectivity index (χ3n) is 2.46. The Bertz CT molecular complexity index is 366. The number of anilines is 1. The first-order valence-electron chi connectivity index (χ1n) is 5.36. The van der Waals surface area contributed by atoms with Crippen molar-refractivity contribution in [2.45, 2.75) is 32.5 Å². The van der Waals surface area contributed by atoms with Gasteiger partial charge < -0.3 is 9.64 Å². The van der Waals surface area contributed by atoms with Crippen molar-refractivity contribution in [2.24, 2.45) is 0 Å². The van der Waals surface area contributed by atoms with E-state index in [4.69, 9.17) is 4.74 Å². The normalized spacial score (nSPS) is 24.5. The zero-order valence-electron chi connectivity index (χ0n) is 9.77. The summed E-state index contributed by atoms with van der Waals surface area (Å²) < 4.78 is 6.74. The second kappa shape index (κ2) is 4.30. The molecule has 1 fully saturated rings. The van der Waals surface area contributed by atoms with E-state index in [0.29, 0.717) is 0 Å². The summed E-state index contributed by atoms with van der Waals surface area (Å²) in [4.78, 5) is 10.8. The van der Waals surface area contributed by atoms with Crippen molar-refractivity contribution in [1.82, 2.24) is 9.97 Å². The fourth-order valence-corrected chi connectivity index (χ4v) is 2.28. The van der Waals surface area contributed by atoms with E-state index in [-0.39, 0.29) is 11.7 Å². The van der Waals surface area contributed by atoms with E-state index in [1.165, 1.54) is 0 Å². The molecule has 1 aromatic heterocycles. The number of hydrogen-bond acceptors (Lipinski definition) is 4. The molecule has 0 amide bonds. The SMILES string of the molecule is CC1CN(c2ncc(Br)cn2)CC(C)(C)O1. The molecule has 4 nitrogen and oxygen atoms in total. The molecular weight excluding hydrogens is 270 g/mol. The van der Waals surface area contributed by atoms with Crippen LogP contribution in [0.3, 0.4) is 0 Å². The lowest BCUT2D eigenvalue weighted by molar-refractivity contribution is -0.0753. The van der Waals surface area contributed by atoms with Crippen LogP contribution in [0.4, 0.5) is 5.95 Å². The van der Waals surface area contributed by atoms with E-state index >= 15 is 0 Å². The quantitative estimate of drug-likeness (QED) is 0.793. The van der Waals surface area contributed by atoms with Crippen molar-refractivity contribution in [3.05, 3.63) is 16.9 Å². The lowest BCUT2D eigenvalue weighted by Gasteiger charge is -2.41. The van der Waals surface area contributed by atoms with Crippen LogP contribution >= 0.6 is 15.9 Å². The molecule has 1 unspecified atom stereocenters. The summed E-state index contributed by atoms with van der Waals surface area (Å²) in [6.07, 6.45) is 3.75. The Morgan fingerprint density at radius 2 is 2.06 bits per heavy atom. The van der Waals surface area contributed by atoms with Crippen LogP contribution in [-0.4, -0.2) is 34.8 Å². The molecule has 1 saturated heterocycles. The molecule has 1 atom stereocenters. The monoisotopic (exact) mass is 285 g/mol. The van der Waals surface area contributed by atoms with Gasteiger partial charge in [-0.25, -0.2) is 9.97 Å². The first-order chi connectivity index (χ1) is 7.46. The molecule has 0 bridgehead atoms. The summed E-state index contributed by atoms with van der Waals surface area (Å²) in [6.45, 7) is 7.92. The molecule has 0 aliphatic carbocycles. The van der Waals surface area contributed by atoms with E-state index in [9.17, 15) is 0 Å². The third kappa shape index (κ3) is 2.71. The predicted octanol–water partition coefficient (Wildman–Crippen LogP) is 2.24. The third-order valence-corrected chi connectivity index (χ3v) is 2.87. The summed E-state index contributed by atoms with van der Waals surface area (Å²) in [7, 11) is 0. The van der Waals surface area contributed by atoms with Crippen molar-refractivity contribution in [3.63, 3.8) is 0 Å². The van der Waals surface area contributed by atoms with Gasteiger partial charge in [-0.15, -0.1) is 0 Å². The van der Waals surface area contributed by atoms with Crippen LogP contribution in [0.25, 0.3) is 0 Å². The average Bonchev–Trinajstić information content (AvgIpc) is 2.15. The number of halogens is 1. The Kier molecular flexibility index (Phi) is 3.17. The maximum atomic E-state index is 5.84. The second-order valence-corrected chi connectivity index (χ2v) is 5.69. The van der Waals surface area contributed by atoms with E-state index in [0.717, 1.165) is 23.5 Å². The Balaban J connectivity index is 2.17. The van der Waals surface area contributed by atoms with Crippen LogP contribution in [0, 0.1) is 0 Å². The zero-order chi connectivity index (χ0) is 11.8. The zero-order valence-corrected chi connectivity index (χ0v) is 11.4. The number of morpholine rings is 1. The average molecular weight is 286 g/mol. The van der Waals surface area contributed by atoms with E-state index in [1.54, 1.807) is 12.4 Å². The lowest BCUT2D eigenvalue weighted by atomic mass is 10.1. The molecule has 1 aromatic rings. The topological polar surface area (TPSA) is 38.2 Å². The first kappa shape index (κ1) is 11.8. The van der Waals surface area contributed by atoms with Gasteiger partial charge in [0.15, 0.2) is 0 Å². The molecule has 1 aliphatic heterocycles.